The Morgan fingerprint density at radius 2 is 1.64 bits per heavy atom. The largest absolute Gasteiger partial charge is 0.265 e. The molecule has 1 heterocycles. The van der Waals surface area contributed by atoms with Crippen molar-refractivity contribution in [3.8, 4) is 0 Å². The number of pyridine rings is 1. The van der Waals surface area contributed by atoms with Crippen molar-refractivity contribution in [2.45, 2.75) is 18.8 Å². The van der Waals surface area contributed by atoms with Crippen LogP contribution in [0.5, 0.6) is 0 Å². The quantitative estimate of drug-likeness (QED) is 0.674. The first kappa shape index (κ1) is 12.9. The molecule has 1 aromatic rings. The third kappa shape index (κ3) is 3.75. The number of rotatable bonds is 5. The van der Waals surface area contributed by atoms with Gasteiger partial charge in [0.25, 0.3) is 0 Å². The van der Waals surface area contributed by atoms with Crippen LogP contribution in [0.15, 0.2) is 49.8 Å². The Morgan fingerprint density at radius 3 is 2.07 bits per heavy atom. The summed E-state index contributed by atoms with van der Waals surface area (Å²) in [5.74, 6) is 0.512. The topological polar surface area (TPSA) is 12.9 Å². The molecule has 1 aromatic heterocycles. The van der Waals surface area contributed by atoms with Crippen LogP contribution in [0.4, 0.5) is 0 Å². The molecule has 2 heteroatoms. The van der Waals surface area contributed by atoms with Crippen molar-refractivity contribution in [3.05, 3.63) is 55.4 Å². The van der Waals surface area contributed by atoms with E-state index in [-0.39, 0.29) is 12.4 Å². The molecule has 1 rings (SSSR count). The van der Waals surface area contributed by atoms with Gasteiger partial charge in [0.1, 0.15) is 0 Å². The minimum atomic E-state index is 0. The predicted octanol–water partition coefficient (Wildman–Crippen LogP) is 3.74. The van der Waals surface area contributed by atoms with Crippen LogP contribution in [-0.4, -0.2) is 4.98 Å². The zero-order valence-electron chi connectivity index (χ0n) is 8.23. The van der Waals surface area contributed by atoms with Crippen molar-refractivity contribution in [1.82, 2.24) is 4.98 Å². The van der Waals surface area contributed by atoms with Crippen LogP contribution in [0.1, 0.15) is 24.3 Å². The summed E-state index contributed by atoms with van der Waals surface area (Å²) in [6.45, 7) is 7.52. The lowest BCUT2D eigenvalue weighted by atomic mass is 9.93. The number of hydrogen-bond donors (Lipinski definition) is 0. The predicted molar refractivity (Wildman–Crippen MR) is 63.9 cm³/mol. The molecule has 0 unspecified atom stereocenters. The van der Waals surface area contributed by atoms with E-state index in [0.29, 0.717) is 5.92 Å². The van der Waals surface area contributed by atoms with E-state index in [1.54, 1.807) is 0 Å². The number of hydrogen-bond acceptors (Lipinski definition) is 1. The molecule has 0 aliphatic heterocycles. The monoisotopic (exact) mass is 209 g/mol. The number of halogens is 1. The first-order valence-corrected chi connectivity index (χ1v) is 4.50. The van der Waals surface area contributed by atoms with Gasteiger partial charge in [0.2, 0.25) is 0 Å². The van der Waals surface area contributed by atoms with E-state index in [1.165, 1.54) is 5.56 Å². The minimum absolute atomic E-state index is 0. The Labute approximate surface area is 92.0 Å². The molecule has 0 aliphatic rings. The van der Waals surface area contributed by atoms with Crippen molar-refractivity contribution >= 4 is 12.4 Å². The maximum Gasteiger partial charge on any atom is 0.0270 e. The van der Waals surface area contributed by atoms with Gasteiger partial charge >= 0.3 is 0 Å². The maximum atomic E-state index is 4.00. The normalized spacial score (nSPS) is 9.21. The van der Waals surface area contributed by atoms with Gasteiger partial charge in [-0.25, -0.2) is 0 Å². The molecule has 0 aromatic carbocycles. The molecule has 1 nitrogen and oxygen atoms in total. The van der Waals surface area contributed by atoms with Gasteiger partial charge < -0.3 is 0 Å². The third-order valence-corrected chi connectivity index (χ3v) is 2.08. The second kappa shape index (κ2) is 7.34. The average Bonchev–Trinajstić information content (AvgIpc) is 2.19. The fourth-order valence-electron chi connectivity index (χ4n) is 1.41. The Morgan fingerprint density at radius 1 is 1.14 bits per heavy atom. The molecule has 0 atom stereocenters. The lowest BCUT2D eigenvalue weighted by Gasteiger charge is -2.12. The Hall–Kier alpha value is -1.08. The van der Waals surface area contributed by atoms with Crippen molar-refractivity contribution in [3.63, 3.8) is 0 Å². The van der Waals surface area contributed by atoms with Crippen molar-refractivity contribution in [2.24, 2.45) is 0 Å². The van der Waals surface area contributed by atoms with Crippen LogP contribution in [0, 0.1) is 0 Å². The first-order valence-electron chi connectivity index (χ1n) is 4.50. The van der Waals surface area contributed by atoms with Gasteiger partial charge in [-0.3, -0.25) is 4.98 Å². The summed E-state index contributed by atoms with van der Waals surface area (Å²) in [5, 5.41) is 0. The van der Waals surface area contributed by atoms with E-state index in [2.05, 4.69) is 30.3 Å². The van der Waals surface area contributed by atoms with Gasteiger partial charge in [0.15, 0.2) is 0 Å². The second-order valence-corrected chi connectivity index (χ2v) is 3.03. The van der Waals surface area contributed by atoms with E-state index in [9.17, 15) is 0 Å². The van der Waals surface area contributed by atoms with Crippen molar-refractivity contribution in [2.75, 3.05) is 0 Å². The van der Waals surface area contributed by atoms with E-state index in [4.69, 9.17) is 0 Å². The summed E-state index contributed by atoms with van der Waals surface area (Å²) in [6.07, 6.45) is 9.55. The Balaban J connectivity index is 0.00000169. The molecule has 0 saturated heterocycles. The number of allylic oxidation sites excluding steroid dienone is 2. The summed E-state index contributed by atoms with van der Waals surface area (Å²) in [5.41, 5.74) is 1.31. The highest BCUT2D eigenvalue weighted by Gasteiger charge is 2.06. The highest BCUT2D eigenvalue weighted by atomic mass is 35.5. The molecule has 0 saturated carbocycles. The van der Waals surface area contributed by atoms with Crippen LogP contribution in [-0.2, 0) is 0 Å². The Kier molecular flexibility index (Phi) is 6.77. The highest BCUT2D eigenvalue weighted by Crippen LogP contribution is 2.23. The molecule has 0 radical (unpaired) electrons. The van der Waals surface area contributed by atoms with Crippen LogP contribution in [0.3, 0.4) is 0 Å². The second-order valence-electron chi connectivity index (χ2n) is 3.03. The SMILES string of the molecule is C=CCC(CC=C)c1ccncc1.Cl. The van der Waals surface area contributed by atoms with E-state index in [0.717, 1.165) is 12.8 Å². The molecule has 14 heavy (non-hydrogen) atoms. The van der Waals surface area contributed by atoms with Gasteiger partial charge in [-0.15, -0.1) is 25.6 Å². The fourth-order valence-corrected chi connectivity index (χ4v) is 1.41. The molecule has 0 spiro atoms. The summed E-state index contributed by atoms with van der Waals surface area (Å²) >= 11 is 0. The van der Waals surface area contributed by atoms with E-state index < -0.39 is 0 Å². The highest BCUT2D eigenvalue weighted by molar-refractivity contribution is 5.85. The van der Waals surface area contributed by atoms with Crippen LogP contribution >= 0.6 is 12.4 Å². The number of nitrogens with zero attached hydrogens (tertiary/aromatic N) is 1. The molecule has 0 amide bonds. The van der Waals surface area contributed by atoms with Gasteiger partial charge in [0, 0.05) is 12.4 Å². The molecule has 0 bridgehead atoms. The van der Waals surface area contributed by atoms with Crippen molar-refractivity contribution in [1.29, 1.82) is 0 Å². The maximum absolute atomic E-state index is 4.00. The molecule has 76 valence electrons. The third-order valence-electron chi connectivity index (χ3n) is 2.08. The smallest absolute Gasteiger partial charge is 0.0270 e. The zero-order chi connectivity index (χ0) is 9.52. The summed E-state index contributed by atoms with van der Waals surface area (Å²) in [7, 11) is 0. The summed E-state index contributed by atoms with van der Waals surface area (Å²) < 4.78 is 0. The van der Waals surface area contributed by atoms with Crippen molar-refractivity contribution < 1.29 is 0 Å². The van der Waals surface area contributed by atoms with E-state index >= 15 is 0 Å². The molecular weight excluding hydrogens is 194 g/mol. The standard InChI is InChI=1S/C12H15N.ClH/c1-3-5-11(6-4-2)12-7-9-13-10-8-12;/h3-4,7-11H,1-2,5-6H2;1H. The number of aromatic nitrogens is 1. The minimum Gasteiger partial charge on any atom is -0.265 e. The lowest BCUT2D eigenvalue weighted by molar-refractivity contribution is 0.712. The Bertz CT molecular complexity index is 259. The average molecular weight is 210 g/mol. The molecule has 0 N–H and O–H groups in total. The molecular formula is C12H16ClN. The van der Waals surface area contributed by atoms with Crippen LogP contribution < -0.4 is 0 Å². The first-order chi connectivity index (χ1) is 6.38. The van der Waals surface area contributed by atoms with Gasteiger partial charge in [-0.2, -0.15) is 0 Å². The van der Waals surface area contributed by atoms with Crippen LogP contribution in [0.2, 0.25) is 0 Å². The molecule has 0 fully saturated rings. The molecule has 0 aliphatic carbocycles. The summed E-state index contributed by atoms with van der Waals surface area (Å²) in [4.78, 5) is 4.00. The van der Waals surface area contributed by atoms with Gasteiger partial charge in [0.05, 0.1) is 0 Å². The van der Waals surface area contributed by atoms with Crippen LogP contribution in [0.25, 0.3) is 0 Å². The zero-order valence-corrected chi connectivity index (χ0v) is 9.04. The lowest BCUT2D eigenvalue weighted by Crippen LogP contribution is -1.95. The van der Waals surface area contributed by atoms with Gasteiger partial charge in [-0.1, -0.05) is 12.2 Å². The fraction of sp³-hybridized carbons (Fsp3) is 0.250. The summed E-state index contributed by atoms with van der Waals surface area (Å²) in [6, 6.07) is 4.11. The van der Waals surface area contributed by atoms with Gasteiger partial charge in [-0.05, 0) is 36.5 Å². The van der Waals surface area contributed by atoms with E-state index in [1.807, 2.05) is 24.5 Å².